The van der Waals surface area contributed by atoms with Crippen LogP contribution in [0.1, 0.15) is 11.3 Å². The minimum atomic E-state index is 0.708. The van der Waals surface area contributed by atoms with Crippen molar-refractivity contribution in [2.75, 3.05) is 19.3 Å². The molecule has 2 aromatic heterocycles. The molecule has 0 radical (unpaired) electrons. The van der Waals surface area contributed by atoms with Crippen molar-refractivity contribution in [1.82, 2.24) is 19.7 Å². The molecule has 0 saturated carbocycles. The van der Waals surface area contributed by atoms with Gasteiger partial charge in [0.25, 0.3) is 0 Å². The summed E-state index contributed by atoms with van der Waals surface area (Å²) in [5.74, 6) is 1.49. The fraction of sp³-hybridized carbons (Fsp3) is 0.250. The molecule has 0 bridgehead atoms. The summed E-state index contributed by atoms with van der Waals surface area (Å²) >= 11 is 0. The van der Waals surface area contributed by atoms with E-state index in [0.29, 0.717) is 5.82 Å². The molecule has 1 aromatic carbocycles. The maximum atomic E-state index is 6.30. The number of para-hydroxylation sites is 1. The van der Waals surface area contributed by atoms with Crippen molar-refractivity contribution >= 4 is 16.7 Å². The first kappa shape index (κ1) is 12.3. The molecule has 0 spiro atoms. The number of nitrogens with two attached hydrogens (primary N) is 1. The molecule has 0 unspecified atom stereocenters. The van der Waals surface area contributed by atoms with Gasteiger partial charge in [0, 0.05) is 30.5 Å². The molecule has 5 heteroatoms. The number of benzene rings is 1. The molecule has 0 aliphatic carbocycles. The van der Waals surface area contributed by atoms with Gasteiger partial charge in [-0.15, -0.1) is 0 Å². The fourth-order valence-corrected chi connectivity index (χ4v) is 2.88. The second kappa shape index (κ2) is 4.56. The molecule has 5 nitrogen and oxygen atoms in total. The molecule has 0 fully saturated rings. The molecule has 0 atom stereocenters. The van der Waals surface area contributed by atoms with E-state index in [1.165, 1.54) is 0 Å². The Morgan fingerprint density at radius 1 is 1.14 bits per heavy atom. The molecule has 0 saturated heterocycles. The Balaban J connectivity index is 1.85. The van der Waals surface area contributed by atoms with Crippen molar-refractivity contribution in [3.05, 3.63) is 47.7 Å². The Hall–Kier alpha value is -2.40. The fourth-order valence-electron chi connectivity index (χ4n) is 2.88. The van der Waals surface area contributed by atoms with Gasteiger partial charge in [0.15, 0.2) is 5.82 Å². The van der Waals surface area contributed by atoms with E-state index in [1.807, 2.05) is 24.3 Å². The molecule has 106 valence electrons. The number of rotatable bonds is 1. The van der Waals surface area contributed by atoms with Gasteiger partial charge in [-0.3, -0.25) is 0 Å². The second-order valence-corrected chi connectivity index (χ2v) is 5.57. The zero-order valence-electron chi connectivity index (χ0n) is 12.0. The maximum Gasteiger partial charge on any atom is 0.156 e. The zero-order valence-corrected chi connectivity index (χ0v) is 12.0. The van der Waals surface area contributed by atoms with Gasteiger partial charge in [0.05, 0.1) is 11.2 Å². The highest BCUT2D eigenvalue weighted by Gasteiger charge is 2.22. The summed E-state index contributed by atoms with van der Waals surface area (Å²) in [7, 11) is 2.11. The van der Waals surface area contributed by atoms with Crippen LogP contribution in [0.2, 0.25) is 0 Å². The molecule has 4 rings (SSSR count). The lowest BCUT2D eigenvalue weighted by Crippen LogP contribution is -2.26. The number of likely N-dealkylation sites (N-methyl/N-ethyl adjacent to an activating group) is 1. The van der Waals surface area contributed by atoms with Gasteiger partial charge in [-0.1, -0.05) is 18.2 Å². The third kappa shape index (κ3) is 1.97. The first-order chi connectivity index (χ1) is 10.2. The van der Waals surface area contributed by atoms with Crippen molar-refractivity contribution < 1.29 is 0 Å². The van der Waals surface area contributed by atoms with Gasteiger partial charge >= 0.3 is 0 Å². The van der Waals surface area contributed by atoms with Gasteiger partial charge < -0.3 is 10.6 Å². The summed E-state index contributed by atoms with van der Waals surface area (Å²) in [6, 6.07) is 12.1. The van der Waals surface area contributed by atoms with E-state index in [9.17, 15) is 0 Å². The van der Waals surface area contributed by atoms with Gasteiger partial charge in [-0.05, 0) is 25.2 Å². The summed E-state index contributed by atoms with van der Waals surface area (Å²) < 4.78 is 1.77. The molecule has 2 N–H and O–H groups in total. The van der Waals surface area contributed by atoms with Crippen LogP contribution in [0, 0.1) is 0 Å². The summed E-state index contributed by atoms with van der Waals surface area (Å²) in [6.07, 6.45) is 0.941. The molecule has 1 aliphatic heterocycles. The smallest absolute Gasteiger partial charge is 0.156 e. The number of fused-ring (bicyclic) bond motifs is 2. The van der Waals surface area contributed by atoms with Crippen LogP contribution in [0.3, 0.4) is 0 Å². The van der Waals surface area contributed by atoms with Crippen LogP contribution in [0.25, 0.3) is 16.7 Å². The predicted octanol–water partition coefficient (Wildman–Crippen LogP) is 1.99. The first-order valence-electron chi connectivity index (χ1n) is 7.13. The van der Waals surface area contributed by atoms with E-state index in [4.69, 9.17) is 5.73 Å². The van der Waals surface area contributed by atoms with Gasteiger partial charge in [-0.2, -0.15) is 9.78 Å². The average molecular weight is 279 g/mol. The van der Waals surface area contributed by atoms with Crippen LogP contribution in [0.5, 0.6) is 0 Å². The van der Waals surface area contributed by atoms with Crippen molar-refractivity contribution in [3.8, 4) is 5.82 Å². The minimum absolute atomic E-state index is 0.708. The summed E-state index contributed by atoms with van der Waals surface area (Å²) in [4.78, 5) is 6.94. The van der Waals surface area contributed by atoms with Gasteiger partial charge in [-0.25, -0.2) is 4.98 Å². The van der Waals surface area contributed by atoms with E-state index in [2.05, 4.69) is 34.2 Å². The molecule has 3 heterocycles. The second-order valence-electron chi connectivity index (χ2n) is 5.57. The van der Waals surface area contributed by atoms with E-state index in [-0.39, 0.29) is 0 Å². The molecular weight excluding hydrogens is 262 g/mol. The van der Waals surface area contributed by atoms with E-state index < -0.39 is 0 Å². The quantitative estimate of drug-likeness (QED) is 0.740. The summed E-state index contributed by atoms with van der Waals surface area (Å²) in [6.45, 7) is 1.88. The Kier molecular flexibility index (Phi) is 2.68. The lowest BCUT2D eigenvalue weighted by Gasteiger charge is -2.21. The topological polar surface area (TPSA) is 60.0 Å². The number of hydrogen-bond acceptors (Lipinski definition) is 4. The Bertz CT molecular complexity index is 821. The number of aromatic nitrogens is 3. The van der Waals surface area contributed by atoms with Crippen molar-refractivity contribution in [2.24, 2.45) is 0 Å². The number of hydrogen-bond donors (Lipinski definition) is 1. The van der Waals surface area contributed by atoms with Crippen LogP contribution < -0.4 is 5.73 Å². The van der Waals surface area contributed by atoms with Crippen molar-refractivity contribution in [1.29, 1.82) is 0 Å². The van der Waals surface area contributed by atoms with Crippen LogP contribution in [-0.4, -0.2) is 33.3 Å². The molecular formula is C16H17N5. The van der Waals surface area contributed by atoms with Gasteiger partial charge in [0.2, 0.25) is 0 Å². The van der Waals surface area contributed by atoms with Crippen LogP contribution >= 0.6 is 0 Å². The van der Waals surface area contributed by atoms with E-state index >= 15 is 0 Å². The van der Waals surface area contributed by atoms with Crippen LogP contribution in [-0.2, 0) is 13.0 Å². The van der Waals surface area contributed by atoms with Gasteiger partial charge in [0.1, 0.15) is 5.82 Å². The van der Waals surface area contributed by atoms with E-state index in [0.717, 1.165) is 47.5 Å². The number of anilines is 1. The monoisotopic (exact) mass is 279 g/mol. The number of nitrogen functional groups attached to an aromatic ring is 1. The maximum absolute atomic E-state index is 6.30. The lowest BCUT2D eigenvalue weighted by atomic mass is 10.1. The highest BCUT2D eigenvalue weighted by Crippen LogP contribution is 2.26. The highest BCUT2D eigenvalue weighted by atomic mass is 15.4. The highest BCUT2D eigenvalue weighted by molar-refractivity contribution is 5.79. The lowest BCUT2D eigenvalue weighted by molar-refractivity contribution is 0.312. The third-order valence-electron chi connectivity index (χ3n) is 4.07. The standard InChI is InChI=1S/C16H17N5/c1-20-9-8-14-12(10-20)16(17)21(19-14)15-7-6-11-4-2-3-5-13(11)18-15/h2-7H,8-10,17H2,1H3. The number of pyridine rings is 1. The number of nitrogens with zero attached hydrogens (tertiary/aromatic N) is 4. The zero-order chi connectivity index (χ0) is 14.4. The van der Waals surface area contributed by atoms with E-state index in [1.54, 1.807) is 4.68 Å². The third-order valence-corrected chi connectivity index (χ3v) is 4.07. The van der Waals surface area contributed by atoms with Crippen molar-refractivity contribution in [3.63, 3.8) is 0 Å². The summed E-state index contributed by atoms with van der Waals surface area (Å²) in [5, 5.41) is 5.79. The van der Waals surface area contributed by atoms with Crippen LogP contribution in [0.15, 0.2) is 36.4 Å². The SMILES string of the molecule is CN1CCc2nn(-c3ccc4ccccc4n3)c(N)c2C1. The van der Waals surface area contributed by atoms with Crippen molar-refractivity contribution in [2.45, 2.75) is 13.0 Å². The molecule has 0 amide bonds. The normalized spacial score (nSPS) is 15.3. The minimum Gasteiger partial charge on any atom is -0.383 e. The summed E-state index contributed by atoms with van der Waals surface area (Å²) in [5.41, 5.74) is 9.49. The largest absolute Gasteiger partial charge is 0.383 e. The Morgan fingerprint density at radius 2 is 2.00 bits per heavy atom. The average Bonchev–Trinajstić information content (AvgIpc) is 2.84. The Morgan fingerprint density at radius 3 is 2.90 bits per heavy atom. The Labute approximate surface area is 123 Å². The first-order valence-corrected chi connectivity index (χ1v) is 7.13. The molecule has 1 aliphatic rings. The van der Waals surface area contributed by atoms with Crippen LogP contribution in [0.4, 0.5) is 5.82 Å². The molecule has 21 heavy (non-hydrogen) atoms. The predicted molar refractivity (Wildman–Crippen MR) is 83.3 cm³/mol. The molecule has 3 aromatic rings.